The molecule has 0 aromatic carbocycles. The maximum absolute atomic E-state index is 13.0. The summed E-state index contributed by atoms with van der Waals surface area (Å²) in [7, 11) is 0. The van der Waals surface area contributed by atoms with Crippen LogP contribution in [0, 0.1) is 11.3 Å². The summed E-state index contributed by atoms with van der Waals surface area (Å²) in [5.74, 6) is 0.811. The Kier molecular flexibility index (Phi) is 6.84. The van der Waals surface area contributed by atoms with Gasteiger partial charge in [-0.2, -0.15) is 0 Å². The van der Waals surface area contributed by atoms with E-state index >= 15 is 0 Å². The lowest BCUT2D eigenvalue weighted by atomic mass is 9.89. The third kappa shape index (κ3) is 5.58. The van der Waals surface area contributed by atoms with Crippen molar-refractivity contribution in [2.45, 2.75) is 79.3 Å². The Morgan fingerprint density at radius 3 is 2.50 bits per heavy atom. The number of amides is 2. The molecular weight excluding hydrogens is 330 g/mol. The van der Waals surface area contributed by atoms with Gasteiger partial charge < -0.3 is 14.7 Å². The summed E-state index contributed by atoms with van der Waals surface area (Å²) in [6.07, 6.45) is 5.58. The maximum Gasteiger partial charge on any atom is 0.273 e. The number of hydrogen-bond donors (Lipinski definition) is 1. The average molecular weight is 364 g/mol. The van der Waals surface area contributed by atoms with Crippen LogP contribution in [0.4, 0.5) is 0 Å². The molecule has 1 N–H and O–H groups in total. The Labute approximate surface area is 156 Å². The summed E-state index contributed by atoms with van der Waals surface area (Å²) in [6, 6.07) is 1.89. The number of aromatic nitrogens is 1. The second kappa shape index (κ2) is 8.69. The van der Waals surface area contributed by atoms with Crippen LogP contribution in [0.5, 0.6) is 0 Å². The van der Waals surface area contributed by atoms with Gasteiger partial charge in [-0.1, -0.05) is 59.0 Å². The minimum Gasteiger partial charge on any atom is -0.359 e. The molecule has 0 unspecified atom stereocenters. The van der Waals surface area contributed by atoms with Gasteiger partial charge in [0.15, 0.2) is 11.5 Å². The van der Waals surface area contributed by atoms with Crippen LogP contribution >= 0.6 is 0 Å². The number of nitrogens with one attached hydrogen (secondary N) is 1. The molecule has 2 amide bonds. The van der Waals surface area contributed by atoms with Crippen LogP contribution < -0.4 is 5.32 Å². The number of carbonyl (C=O) groups is 2. The number of nitrogens with zero attached hydrogens (tertiary/aromatic N) is 2. The van der Waals surface area contributed by atoms with Gasteiger partial charge in [-0.15, -0.1) is 0 Å². The summed E-state index contributed by atoms with van der Waals surface area (Å²) in [5, 5.41) is 6.72. The monoisotopic (exact) mass is 363 g/mol. The molecule has 1 aromatic rings. The average Bonchev–Trinajstić information content (AvgIpc) is 3.05. The highest BCUT2D eigenvalue weighted by molar-refractivity contribution is 5.92. The molecule has 1 heterocycles. The molecule has 0 spiro atoms. The first-order chi connectivity index (χ1) is 12.2. The summed E-state index contributed by atoms with van der Waals surface area (Å²) in [4.78, 5) is 27.0. The molecule has 0 bridgehead atoms. The maximum atomic E-state index is 13.0. The van der Waals surface area contributed by atoms with Crippen molar-refractivity contribution in [2.75, 3.05) is 6.54 Å². The fourth-order valence-electron chi connectivity index (χ4n) is 3.24. The molecule has 0 radical (unpaired) electrons. The van der Waals surface area contributed by atoms with Gasteiger partial charge in [-0.05, 0) is 18.8 Å². The van der Waals surface area contributed by atoms with E-state index in [1.54, 1.807) is 6.07 Å². The first-order valence-electron chi connectivity index (χ1n) is 9.73. The number of carbonyl (C=O) groups excluding carboxylic acids is 2. The van der Waals surface area contributed by atoms with E-state index in [4.69, 9.17) is 4.52 Å². The number of hydrogen-bond acceptors (Lipinski definition) is 4. The minimum absolute atomic E-state index is 0.117. The van der Waals surface area contributed by atoms with Crippen molar-refractivity contribution in [1.29, 1.82) is 0 Å². The Morgan fingerprint density at radius 1 is 1.27 bits per heavy atom. The fraction of sp³-hybridized carbons (Fsp3) is 0.750. The van der Waals surface area contributed by atoms with Gasteiger partial charge in [0.1, 0.15) is 0 Å². The normalized spacial score (nSPS) is 15.9. The Balaban J connectivity index is 2.10. The van der Waals surface area contributed by atoms with Gasteiger partial charge in [0, 0.05) is 24.1 Å². The van der Waals surface area contributed by atoms with Crippen molar-refractivity contribution in [3.8, 4) is 0 Å². The van der Waals surface area contributed by atoms with Gasteiger partial charge >= 0.3 is 0 Å². The van der Waals surface area contributed by atoms with Crippen molar-refractivity contribution in [2.24, 2.45) is 11.3 Å². The summed E-state index contributed by atoms with van der Waals surface area (Å²) in [6.45, 7) is 10.9. The summed E-state index contributed by atoms with van der Waals surface area (Å²) < 4.78 is 5.37. The fourth-order valence-corrected chi connectivity index (χ4v) is 3.24. The Morgan fingerprint density at radius 2 is 1.92 bits per heavy atom. The van der Waals surface area contributed by atoms with E-state index in [-0.39, 0.29) is 23.6 Å². The third-order valence-corrected chi connectivity index (χ3v) is 4.71. The van der Waals surface area contributed by atoms with Crippen LogP contribution in [0.3, 0.4) is 0 Å². The van der Waals surface area contributed by atoms with Crippen molar-refractivity contribution in [3.63, 3.8) is 0 Å². The molecule has 1 aliphatic rings. The van der Waals surface area contributed by atoms with Crippen LogP contribution in [0.25, 0.3) is 0 Å². The van der Waals surface area contributed by atoms with Crippen molar-refractivity contribution >= 4 is 11.8 Å². The molecule has 0 atom stereocenters. The minimum atomic E-state index is -0.449. The lowest BCUT2D eigenvalue weighted by molar-refractivity contribution is -0.143. The quantitative estimate of drug-likeness (QED) is 0.835. The molecular formula is C20H33N3O3. The van der Waals surface area contributed by atoms with Crippen molar-refractivity contribution in [1.82, 2.24) is 15.4 Å². The van der Waals surface area contributed by atoms with E-state index in [2.05, 4.69) is 10.5 Å². The van der Waals surface area contributed by atoms with E-state index in [1.807, 2.05) is 39.5 Å². The van der Waals surface area contributed by atoms with Crippen LogP contribution in [0.2, 0.25) is 0 Å². The van der Waals surface area contributed by atoms with Gasteiger partial charge in [-0.25, -0.2) is 0 Å². The molecule has 1 aromatic heterocycles. The molecule has 1 saturated carbocycles. The van der Waals surface area contributed by atoms with Crippen molar-refractivity contribution < 1.29 is 14.1 Å². The molecule has 1 aliphatic carbocycles. The second-order valence-electron chi connectivity index (χ2n) is 8.76. The predicted octanol–water partition coefficient (Wildman–Crippen LogP) is 3.77. The Hall–Kier alpha value is -1.85. The lowest BCUT2D eigenvalue weighted by Gasteiger charge is -2.37. The molecule has 6 nitrogen and oxygen atoms in total. The van der Waals surface area contributed by atoms with E-state index in [1.165, 1.54) is 6.42 Å². The zero-order chi connectivity index (χ0) is 19.3. The zero-order valence-corrected chi connectivity index (χ0v) is 16.8. The van der Waals surface area contributed by atoms with E-state index in [9.17, 15) is 9.59 Å². The first-order valence-corrected chi connectivity index (χ1v) is 9.73. The largest absolute Gasteiger partial charge is 0.359 e. The zero-order valence-electron chi connectivity index (χ0n) is 16.8. The molecule has 26 heavy (non-hydrogen) atoms. The van der Waals surface area contributed by atoms with Crippen molar-refractivity contribution in [3.05, 3.63) is 17.5 Å². The summed E-state index contributed by atoms with van der Waals surface area (Å²) in [5.41, 5.74) is -0.179. The van der Waals surface area contributed by atoms with Crippen LogP contribution in [-0.2, 0) is 11.3 Å². The number of rotatable bonds is 6. The highest BCUT2D eigenvalue weighted by Gasteiger charge is 2.33. The van der Waals surface area contributed by atoms with Gasteiger partial charge in [-0.3, -0.25) is 9.59 Å². The summed E-state index contributed by atoms with van der Waals surface area (Å²) >= 11 is 0. The smallest absolute Gasteiger partial charge is 0.273 e. The topological polar surface area (TPSA) is 75.4 Å². The molecule has 0 saturated heterocycles. The molecule has 146 valence electrons. The third-order valence-electron chi connectivity index (χ3n) is 4.71. The molecule has 1 fully saturated rings. The van der Waals surface area contributed by atoms with Crippen LogP contribution in [-0.4, -0.2) is 34.5 Å². The SMILES string of the molecule is CC(C)CNC(=O)c1cc(CN(C(=O)C(C)(C)C)C2CCCCC2)on1. The van der Waals surface area contributed by atoms with Gasteiger partial charge in [0.25, 0.3) is 5.91 Å². The molecule has 0 aliphatic heterocycles. The predicted molar refractivity (Wildman–Crippen MR) is 101 cm³/mol. The van der Waals surface area contributed by atoms with Gasteiger partial charge in [0.05, 0.1) is 6.54 Å². The highest BCUT2D eigenvalue weighted by atomic mass is 16.5. The Bertz CT molecular complexity index is 610. The van der Waals surface area contributed by atoms with Gasteiger partial charge in [0.2, 0.25) is 5.91 Å². The lowest BCUT2D eigenvalue weighted by Crippen LogP contribution is -2.46. The molecule has 6 heteroatoms. The second-order valence-corrected chi connectivity index (χ2v) is 8.76. The highest BCUT2D eigenvalue weighted by Crippen LogP contribution is 2.28. The standard InChI is InChI=1S/C20H33N3O3/c1-14(2)12-21-18(24)17-11-16(26-22-17)13-23(19(25)20(3,4)5)15-9-7-6-8-10-15/h11,14-15H,6-10,12-13H2,1-5H3,(H,21,24). The molecule has 2 rings (SSSR count). The van der Waals surface area contributed by atoms with E-state index < -0.39 is 5.41 Å². The van der Waals surface area contributed by atoms with E-state index in [0.717, 1.165) is 25.7 Å². The van der Waals surface area contributed by atoms with Crippen LogP contribution in [0.1, 0.15) is 83.0 Å². The van der Waals surface area contributed by atoms with E-state index in [0.29, 0.717) is 24.8 Å². The van der Waals surface area contributed by atoms with Crippen LogP contribution in [0.15, 0.2) is 10.6 Å². The first kappa shape index (κ1) is 20.5.